The molecule has 1 aromatic heterocycles. The number of halogens is 4. The highest BCUT2D eigenvalue weighted by Crippen LogP contribution is 2.39. The van der Waals surface area contributed by atoms with Gasteiger partial charge in [0.25, 0.3) is 0 Å². The number of hydrogen-bond donors (Lipinski definition) is 1. The molecule has 10 nitrogen and oxygen atoms in total. The number of carbonyl (C=O) groups excluding carboxylic acids is 1. The van der Waals surface area contributed by atoms with Gasteiger partial charge < -0.3 is 25.4 Å². The fourth-order valence-electron chi connectivity index (χ4n) is 4.47. The number of thioether (sulfide) groups is 1. The molecule has 1 aliphatic heterocycles. The van der Waals surface area contributed by atoms with E-state index in [1.807, 2.05) is 0 Å². The van der Waals surface area contributed by atoms with Gasteiger partial charge in [-0.05, 0) is 60.7 Å². The van der Waals surface area contributed by atoms with Crippen molar-refractivity contribution in [2.45, 2.75) is 42.2 Å². The van der Waals surface area contributed by atoms with E-state index in [-0.39, 0.29) is 44.9 Å². The summed E-state index contributed by atoms with van der Waals surface area (Å²) in [4.78, 5) is 16.5. The van der Waals surface area contributed by atoms with E-state index in [1.165, 1.54) is 54.9 Å². The quantitative estimate of drug-likeness (QED) is 0.200. The number of esters is 1. The van der Waals surface area contributed by atoms with E-state index in [9.17, 15) is 22.0 Å². The fourth-order valence-corrected chi connectivity index (χ4v) is 8.05. The van der Waals surface area contributed by atoms with Gasteiger partial charge in [-0.2, -0.15) is 13.1 Å². The molecule has 1 saturated carbocycles. The minimum atomic E-state index is -4.05. The minimum Gasteiger partial charge on any atom is -0.870 e. The molecule has 0 radical (unpaired) electrons. The topological polar surface area (TPSA) is 152 Å². The zero-order valence-electron chi connectivity index (χ0n) is 23.0. The number of benzene rings is 2. The number of anilines is 1. The van der Waals surface area contributed by atoms with Crippen molar-refractivity contribution in [2.24, 2.45) is 5.92 Å². The molecule has 2 heterocycles. The molecule has 44 heavy (non-hydrogen) atoms. The number of pyridine rings is 1. The van der Waals surface area contributed by atoms with Gasteiger partial charge in [0.15, 0.2) is 29.3 Å². The van der Waals surface area contributed by atoms with Crippen molar-refractivity contribution in [1.82, 2.24) is 4.31 Å². The summed E-state index contributed by atoms with van der Waals surface area (Å²) in [6.07, 6.45) is 3.93. The van der Waals surface area contributed by atoms with Crippen LogP contribution in [0.5, 0.6) is 11.5 Å². The Bertz CT molecular complexity index is 1560. The lowest BCUT2D eigenvalue weighted by Crippen LogP contribution is -2.40. The lowest BCUT2D eigenvalue weighted by molar-refractivity contribution is -0.377. The minimum absolute atomic E-state index is 0. The molecule has 0 amide bonds. The van der Waals surface area contributed by atoms with Gasteiger partial charge in [-0.1, -0.05) is 29.3 Å². The Hall–Kier alpha value is -2.88. The number of alkyl halides is 2. The van der Waals surface area contributed by atoms with Gasteiger partial charge in [0.1, 0.15) is 16.1 Å². The summed E-state index contributed by atoms with van der Waals surface area (Å²) in [6.45, 7) is -2.67. The molecule has 3 aromatic rings. The van der Waals surface area contributed by atoms with Crippen LogP contribution >= 0.6 is 35.0 Å². The normalized spacial score (nSPS) is 17.6. The molecule has 2 fully saturated rings. The van der Waals surface area contributed by atoms with Crippen LogP contribution in [-0.4, -0.2) is 55.1 Å². The number of nitrogens with two attached hydrogens (primary N) is 1. The van der Waals surface area contributed by atoms with E-state index in [4.69, 9.17) is 38.4 Å². The summed E-state index contributed by atoms with van der Waals surface area (Å²) in [5.74, 6) is -0.226. The first-order chi connectivity index (χ1) is 20.5. The second-order valence-corrected chi connectivity index (χ2v) is 13.9. The number of rotatable bonds is 12. The van der Waals surface area contributed by atoms with Crippen molar-refractivity contribution in [3.8, 4) is 11.5 Å². The molecule has 0 bridgehead atoms. The predicted octanol–water partition coefficient (Wildman–Crippen LogP) is 5.19. The first-order valence-corrected chi connectivity index (χ1v) is 16.5. The number of sulfonamides is 1. The summed E-state index contributed by atoms with van der Waals surface area (Å²) in [5, 5.41) is -0.620. The van der Waals surface area contributed by atoms with Crippen molar-refractivity contribution < 1.29 is 46.7 Å². The number of aromatic nitrogens is 1. The Morgan fingerprint density at radius 1 is 1.09 bits per heavy atom. The molecular formula is C28H29Cl2F2N3O7S2. The van der Waals surface area contributed by atoms with Crippen LogP contribution in [0.2, 0.25) is 10.0 Å². The van der Waals surface area contributed by atoms with Crippen LogP contribution in [0.1, 0.15) is 30.1 Å². The number of nitrogen functional groups attached to an aromatic ring is 1. The lowest BCUT2D eigenvalue weighted by Gasteiger charge is -2.26. The van der Waals surface area contributed by atoms with E-state index in [1.54, 1.807) is 0 Å². The molecule has 2 aromatic carbocycles. The second kappa shape index (κ2) is 14.5. The van der Waals surface area contributed by atoms with E-state index >= 15 is 0 Å². The van der Waals surface area contributed by atoms with Gasteiger partial charge in [0.2, 0.25) is 10.0 Å². The maximum Gasteiger partial charge on any atom is 0.387 e. The van der Waals surface area contributed by atoms with Crippen molar-refractivity contribution in [1.29, 1.82) is 0 Å². The lowest BCUT2D eigenvalue weighted by atomic mass is 10.0. The Labute approximate surface area is 267 Å². The van der Waals surface area contributed by atoms with Crippen LogP contribution in [0.4, 0.5) is 14.5 Å². The molecule has 5 rings (SSSR count). The molecule has 2 aliphatic rings. The summed E-state index contributed by atoms with van der Waals surface area (Å²) in [6, 6.07) is 9.95. The molecule has 16 heteroatoms. The third-order valence-corrected chi connectivity index (χ3v) is 10.8. The van der Waals surface area contributed by atoms with Gasteiger partial charge in [0, 0.05) is 30.0 Å². The largest absolute Gasteiger partial charge is 0.870 e. The van der Waals surface area contributed by atoms with E-state index < -0.39 is 34.1 Å². The number of aromatic amines is 1. The van der Waals surface area contributed by atoms with Crippen molar-refractivity contribution in [2.75, 3.05) is 24.6 Å². The zero-order valence-corrected chi connectivity index (χ0v) is 26.1. The van der Waals surface area contributed by atoms with Crippen molar-refractivity contribution in [3.05, 3.63) is 76.0 Å². The SMILES string of the molecule is Nc1ccc(S(=O)(=O)N2CCS[C@@H]2C(=O)O[C@@H](Cc2c(Cl)c[nH+]cc2Cl)c2ccc(OC(F)F)c(OCC3CC3)c2)cc1.[OH-]. The maximum absolute atomic E-state index is 13.7. The average molecular weight is 693 g/mol. The van der Waals surface area contributed by atoms with Gasteiger partial charge in [-0.3, -0.25) is 0 Å². The molecule has 238 valence electrons. The average Bonchev–Trinajstić information content (AvgIpc) is 3.65. The number of nitrogens with one attached hydrogen (secondary N) is 1. The van der Waals surface area contributed by atoms with Crippen LogP contribution in [0.15, 0.2) is 59.8 Å². The third-order valence-electron chi connectivity index (χ3n) is 6.91. The van der Waals surface area contributed by atoms with Crippen LogP contribution in [0, 0.1) is 5.92 Å². The monoisotopic (exact) mass is 691 g/mol. The molecular weight excluding hydrogens is 663 g/mol. The molecule has 2 atom stereocenters. The highest BCUT2D eigenvalue weighted by atomic mass is 35.5. The van der Waals surface area contributed by atoms with Crippen LogP contribution in [-0.2, 0) is 26.0 Å². The summed E-state index contributed by atoms with van der Waals surface area (Å²) in [7, 11) is -4.05. The van der Waals surface area contributed by atoms with Gasteiger partial charge >= 0.3 is 12.6 Å². The number of hydrogen-bond acceptors (Lipinski definition) is 9. The van der Waals surface area contributed by atoms with Crippen molar-refractivity contribution >= 4 is 56.6 Å². The summed E-state index contributed by atoms with van der Waals surface area (Å²) >= 11 is 13.9. The number of carbonyl (C=O) groups is 1. The van der Waals surface area contributed by atoms with E-state index in [0.29, 0.717) is 35.1 Å². The highest BCUT2D eigenvalue weighted by Gasteiger charge is 2.42. The highest BCUT2D eigenvalue weighted by molar-refractivity contribution is 8.02. The molecule has 0 spiro atoms. The van der Waals surface area contributed by atoms with Crippen molar-refractivity contribution in [3.63, 3.8) is 0 Å². The smallest absolute Gasteiger partial charge is 0.387 e. The molecule has 1 saturated heterocycles. The van der Waals surface area contributed by atoms with Gasteiger partial charge in [-0.25, -0.2) is 18.2 Å². The second-order valence-electron chi connectivity index (χ2n) is 10.0. The zero-order chi connectivity index (χ0) is 30.7. The van der Waals surface area contributed by atoms with Crippen LogP contribution in [0.3, 0.4) is 0 Å². The Kier molecular flexibility index (Phi) is 11.2. The number of H-pyrrole nitrogens is 1. The van der Waals surface area contributed by atoms with Gasteiger partial charge in [0.05, 0.1) is 11.5 Å². The molecule has 1 aliphatic carbocycles. The van der Waals surface area contributed by atoms with Crippen LogP contribution < -0.4 is 20.2 Å². The number of ether oxygens (including phenoxy) is 3. The molecule has 0 unspecified atom stereocenters. The Balaban J connectivity index is 0.00000442. The third kappa shape index (κ3) is 8.03. The fraction of sp³-hybridized carbons (Fsp3) is 0.357. The standard InChI is InChI=1S/C28H27Cl2F2N3O6S2.H2O/c29-21-13-34-14-22(30)20(21)12-24(17-3-8-23(41-28(31)32)25(11-17)39-15-16-1-2-16)40-27(36)26-35(9-10-42-26)43(37,38)19-6-4-18(33)5-7-19;/h3-8,11,13-14,16,24,26,28H,1-2,9-10,12,15,33H2;1H2/t24-,26+;/m0./s1. The van der Waals surface area contributed by atoms with E-state index in [2.05, 4.69) is 9.72 Å². The molecule has 4 N–H and O–H groups in total. The van der Waals surface area contributed by atoms with E-state index in [0.717, 1.165) is 28.9 Å². The first kappa shape index (κ1) is 34.0. The van der Waals surface area contributed by atoms with Gasteiger partial charge in [-0.15, -0.1) is 11.8 Å². The number of nitrogens with zero attached hydrogens (tertiary/aromatic N) is 1. The predicted molar refractivity (Wildman–Crippen MR) is 160 cm³/mol. The maximum atomic E-state index is 13.7. The summed E-state index contributed by atoms with van der Waals surface area (Å²) < 4.78 is 70.6. The first-order valence-electron chi connectivity index (χ1n) is 13.3. The Morgan fingerprint density at radius 2 is 1.77 bits per heavy atom. The summed E-state index contributed by atoms with van der Waals surface area (Å²) in [5.41, 5.74) is 6.95. The Morgan fingerprint density at radius 3 is 2.41 bits per heavy atom. The van der Waals surface area contributed by atoms with Crippen LogP contribution in [0.25, 0.3) is 0 Å².